The molecular formula is C10H9BrO3S. The van der Waals surface area contributed by atoms with Crippen LogP contribution in [0.25, 0.3) is 0 Å². The summed E-state index contributed by atoms with van der Waals surface area (Å²) in [5.74, 6) is -0.518. The molecule has 1 aromatic rings. The zero-order valence-electron chi connectivity index (χ0n) is 7.98. The molecular weight excluding hydrogens is 280 g/mol. The van der Waals surface area contributed by atoms with Crippen LogP contribution in [0.1, 0.15) is 0 Å². The van der Waals surface area contributed by atoms with E-state index in [-0.39, 0.29) is 0 Å². The second-order valence-electron chi connectivity index (χ2n) is 2.55. The Morgan fingerprint density at radius 3 is 2.73 bits per heavy atom. The first-order chi connectivity index (χ1) is 7.15. The number of benzene rings is 1. The number of halogens is 1. The van der Waals surface area contributed by atoms with E-state index in [2.05, 4.69) is 20.7 Å². The molecule has 3 nitrogen and oxygen atoms in total. The molecule has 5 heteroatoms. The Morgan fingerprint density at radius 1 is 1.47 bits per heavy atom. The summed E-state index contributed by atoms with van der Waals surface area (Å²) in [6, 6.07) is 7.12. The van der Waals surface area contributed by atoms with Crippen LogP contribution in [0.4, 0.5) is 0 Å². The van der Waals surface area contributed by atoms with Gasteiger partial charge in [-0.05, 0) is 28.1 Å². The predicted octanol–water partition coefficient (Wildman–Crippen LogP) is 2.24. The van der Waals surface area contributed by atoms with Gasteiger partial charge in [0.15, 0.2) is 0 Å². The molecule has 1 aromatic carbocycles. The third kappa shape index (κ3) is 3.60. The lowest BCUT2D eigenvalue weighted by atomic mass is 10.4. The van der Waals surface area contributed by atoms with E-state index in [1.54, 1.807) is 18.2 Å². The van der Waals surface area contributed by atoms with Crippen LogP contribution in [0, 0.1) is 0 Å². The Balaban J connectivity index is 2.83. The van der Waals surface area contributed by atoms with E-state index in [0.29, 0.717) is 4.90 Å². The molecule has 0 radical (unpaired) electrons. The molecule has 0 N–H and O–H groups in total. The Labute approximate surface area is 98.7 Å². The minimum Gasteiger partial charge on any atom is -0.466 e. The molecule has 0 saturated heterocycles. The molecule has 0 amide bonds. The van der Waals surface area contributed by atoms with Gasteiger partial charge in [-0.15, -0.1) is 0 Å². The van der Waals surface area contributed by atoms with Crippen molar-refractivity contribution in [3.63, 3.8) is 0 Å². The van der Waals surface area contributed by atoms with Gasteiger partial charge in [-0.1, -0.05) is 12.1 Å². The highest BCUT2D eigenvalue weighted by molar-refractivity contribution is 9.10. The van der Waals surface area contributed by atoms with E-state index in [0.717, 1.165) is 10.5 Å². The Kier molecular flexibility index (Phi) is 4.71. The summed E-state index contributed by atoms with van der Waals surface area (Å²) in [7, 11) is -0.0736. The first-order valence-corrected chi connectivity index (χ1v) is 6.07. The fraction of sp³-hybridized carbons (Fsp3) is 0.100. The molecule has 1 unspecified atom stereocenters. The Morgan fingerprint density at radius 2 is 2.13 bits per heavy atom. The topological polar surface area (TPSA) is 43.4 Å². The van der Waals surface area contributed by atoms with Crippen molar-refractivity contribution in [3.8, 4) is 0 Å². The van der Waals surface area contributed by atoms with Crippen LogP contribution >= 0.6 is 15.9 Å². The highest BCUT2D eigenvalue weighted by Gasteiger charge is 2.04. The first kappa shape index (κ1) is 12.1. The summed E-state index contributed by atoms with van der Waals surface area (Å²) < 4.78 is 16.8. The molecule has 80 valence electrons. The van der Waals surface area contributed by atoms with Gasteiger partial charge in [-0.2, -0.15) is 0 Å². The fourth-order valence-corrected chi connectivity index (χ4v) is 2.48. The number of rotatable bonds is 3. The lowest BCUT2D eigenvalue weighted by Crippen LogP contribution is -1.95. The molecule has 15 heavy (non-hydrogen) atoms. The molecule has 1 atom stereocenters. The van der Waals surface area contributed by atoms with Gasteiger partial charge in [0, 0.05) is 16.0 Å². The molecule has 1 rings (SSSR count). The van der Waals surface area contributed by atoms with Crippen molar-refractivity contribution in [2.45, 2.75) is 4.90 Å². The van der Waals surface area contributed by atoms with Crippen LogP contribution in [0.3, 0.4) is 0 Å². The predicted molar refractivity (Wildman–Crippen MR) is 61.7 cm³/mol. The number of methoxy groups -OCH3 is 1. The zero-order chi connectivity index (χ0) is 11.3. The van der Waals surface area contributed by atoms with Crippen LogP contribution in [0.15, 0.2) is 45.1 Å². The van der Waals surface area contributed by atoms with Crippen molar-refractivity contribution >= 4 is 32.7 Å². The molecule has 0 aromatic heterocycles. The monoisotopic (exact) mass is 288 g/mol. The molecule has 0 heterocycles. The molecule has 0 saturated carbocycles. The van der Waals surface area contributed by atoms with Crippen molar-refractivity contribution in [1.82, 2.24) is 0 Å². The Bertz CT molecular complexity index is 415. The molecule has 0 aliphatic carbocycles. The molecule has 0 aliphatic heterocycles. The summed E-state index contributed by atoms with van der Waals surface area (Å²) in [4.78, 5) is 11.4. The maximum Gasteiger partial charge on any atom is 0.331 e. The maximum absolute atomic E-state index is 11.7. The second kappa shape index (κ2) is 5.82. The summed E-state index contributed by atoms with van der Waals surface area (Å²) in [6.45, 7) is 0. The van der Waals surface area contributed by atoms with Gasteiger partial charge in [0.25, 0.3) is 0 Å². The fourth-order valence-electron chi connectivity index (χ4n) is 0.867. The maximum atomic E-state index is 11.7. The van der Waals surface area contributed by atoms with E-state index in [1.165, 1.54) is 12.5 Å². The summed E-state index contributed by atoms with van der Waals surface area (Å²) in [5.41, 5.74) is 0. The number of hydrogen-bond donors (Lipinski definition) is 0. The van der Waals surface area contributed by atoms with Crippen molar-refractivity contribution in [2.24, 2.45) is 0 Å². The third-order valence-corrected chi connectivity index (χ3v) is 3.71. The normalized spacial score (nSPS) is 12.7. The average Bonchev–Trinajstić information content (AvgIpc) is 2.26. The zero-order valence-corrected chi connectivity index (χ0v) is 10.4. The highest BCUT2D eigenvalue weighted by atomic mass is 79.9. The van der Waals surface area contributed by atoms with Crippen molar-refractivity contribution in [1.29, 1.82) is 0 Å². The number of carbonyl (C=O) groups excluding carboxylic acids is 1. The van der Waals surface area contributed by atoms with Crippen LogP contribution in [0.2, 0.25) is 0 Å². The molecule has 0 spiro atoms. The minimum absolute atomic E-state index is 0.518. The van der Waals surface area contributed by atoms with Crippen LogP contribution in [-0.4, -0.2) is 17.3 Å². The summed E-state index contributed by atoms with van der Waals surface area (Å²) >= 11 is 3.28. The van der Waals surface area contributed by atoms with Gasteiger partial charge in [-0.3, -0.25) is 0 Å². The van der Waals surface area contributed by atoms with E-state index in [4.69, 9.17) is 0 Å². The van der Waals surface area contributed by atoms with Crippen molar-refractivity contribution < 1.29 is 13.7 Å². The number of carbonyl (C=O) groups is 1. The molecule has 0 aliphatic rings. The third-order valence-electron chi connectivity index (χ3n) is 1.58. The number of ether oxygens (including phenoxy) is 1. The largest absolute Gasteiger partial charge is 0.466 e. The first-order valence-electron chi connectivity index (χ1n) is 4.06. The van der Waals surface area contributed by atoms with E-state index in [1.807, 2.05) is 6.07 Å². The lowest BCUT2D eigenvalue weighted by molar-refractivity contribution is -0.134. The highest BCUT2D eigenvalue weighted by Crippen LogP contribution is 2.20. The Hall–Kier alpha value is -0.940. The van der Waals surface area contributed by atoms with Crippen LogP contribution < -0.4 is 0 Å². The summed E-state index contributed by atoms with van der Waals surface area (Å²) in [5, 5.41) is 1.30. The van der Waals surface area contributed by atoms with Gasteiger partial charge in [-0.25, -0.2) is 9.00 Å². The van der Waals surface area contributed by atoms with Gasteiger partial charge in [0.1, 0.15) is 0 Å². The lowest BCUT2D eigenvalue weighted by Gasteiger charge is -1.99. The number of hydrogen-bond acceptors (Lipinski definition) is 3. The van der Waals surface area contributed by atoms with Gasteiger partial charge in [0.05, 0.1) is 22.8 Å². The van der Waals surface area contributed by atoms with Gasteiger partial charge in [0.2, 0.25) is 0 Å². The quantitative estimate of drug-likeness (QED) is 0.633. The second-order valence-corrected chi connectivity index (χ2v) is 4.71. The molecule has 0 bridgehead atoms. The van der Waals surface area contributed by atoms with Crippen molar-refractivity contribution in [2.75, 3.05) is 7.11 Å². The van der Waals surface area contributed by atoms with Crippen LogP contribution in [-0.2, 0) is 20.3 Å². The SMILES string of the molecule is COC(=O)/C=C/S(=O)c1ccccc1Br. The number of esters is 1. The standard InChI is InChI=1S/C10H9BrO3S/c1-14-10(12)6-7-15(13)9-5-3-2-4-8(9)11/h2-7H,1H3/b7-6+. The van der Waals surface area contributed by atoms with E-state index >= 15 is 0 Å². The minimum atomic E-state index is -1.35. The van der Waals surface area contributed by atoms with Crippen LogP contribution in [0.5, 0.6) is 0 Å². The summed E-state index contributed by atoms with van der Waals surface area (Å²) in [6.07, 6.45) is 1.15. The molecule has 0 fully saturated rings. The van der Waals surface area contributed by atoms with E-state index < -0.39 is 16.8 Å². The van der Waals surface area contributed by atoms with E-state index in [9.17, 15) is 9.00 Å². The smallest absolute Gasteiger partial charge is 0.331 e. The van der Waals surface area contributed by atoms with Crippen molar-refractivity contribution in [3.05, 3.63) is 40.2 Å². The van der Waals surface area contributed by atoms with Gasteiger partial charge < -0.3 is 4.74 Å². The average molecular weight is 289 g/mol. The van der Waals surface area contributed by atoms with Gasteiger partial charge >= 0.3 is 5.97 Å².